The van der Waals surface area contributed by atoms with Gasteiger partial charge in [-0.3, -0.25) is 0 Å². The molecule has 23 heavy (non-hydrogen) atoms. The number of nitrogens with two attached hydrogens (primary N) is 1. The van der Waals surface area contributed by atoms with E-state index in [0.717, 1.165) is 19.3 Å². The molecule has 1 aromatic rings. The van der Waals surface area contributed by atoms with Crippen LogP contribution < -0.4 is 5.73 Å². The third-order valence-corrected chi connectivity index (χ3v) is 4.36. The van der Waals surface area contributed by atoms with Crippen molar-refractivity contribution in [3.8, 4) is 0 Å². The molecule has 0 atom stereocenters. The predicted molar refractivity (Wildman–Crippen MR) is 100 cm³/mol. The van der Waals surface area contributed by atoms with Gasteiger partial charge in [0.1, 0.15) is 0 Å². The Morgan fingerprint density at radius 3 is 1.78 bits per heavy atom. The summed E-state index contributed by atoms with van der Waals surface area (Å²) in [5.41, 5.74) is 7.91. The molecule has 0 unspecified atom stereocenters. The molecule has 0 saturated heterocycles. The second-order valence-electron chi connectivity index (χ2n) is 6.51. The van der Waals surface area contributed by atoms with E-state index in [1.807, 2.05) is 0 Å². The van der Waals surface area contributed by atoms with Gasteiger partial charge in [0.05, 0.1) is 18.8 Å². The monoisotopic (exact) mass is 343 g/mol. The van der Waals surface area contributed by atoms with Crippen molar-refractivity contribution < 1.29 is 10.2 Å². The third-order valence-electron chi connectivity index (χ3n) is 4.36. The molecule has 3 nitrogen and oxygen atoms in total. The van der Waals surface area contributed by atoms with E-state index >= 15 is 0 Å². The van der Waals surface area contributed by atoms with E-state index in [4.69, 9.17) is 15.9 Å². The van der Waals surface area contributed by atoms with E-state index in [2.05, 4.69) is 31.2 Å². The Hall–Kier alpha value is -0.610. The zero-order valence-electron chi connectivity index (χ0n) is 14.5. The summed E-state index contributed by atoms with van der Waals surface area (Å²) >= 11 is 0. The fourth-order valence-corrected chi connectivity index (χ4v) is 2.62. The summed E-state index contributed by atoms with van der Waals surface area (Å²) in [5.74, 6) is 0. The van der Waals surface area contributed by atoms with Crippen LogP contribution in [0.25, 0.3) is 0 Å². The number of hydrogen-bond acceptors (Lipinski definition) is 3. The zero-order chi connectivity index (χ0) is 16.3. The number of rotatable bonds is 12. The molecule has 4 N–H and O–H groups in total. The Balaban J connectivity index is 0.00000484. The van der Waals surface area contributed by atoms with Crippen LogP contribution in [0.2, 0.25) is 0 Å². The predicted octanol–water partition coefficient (Wildman–Crippen LogP) is 3.63. The quantitative estimate of drug-likeness (QED) is 0.508. The van der Waals surface area contributed by atoms with E-state index < -0.39 is 5.54 Å². The molecule has 0 bridgehead atoms. The second-order valence-corrected chi connectivity index (χ2v) is 6.51. The lowest BCUT2D eigenvalue weighted by Crippen LogP contribution is -2.47. The highest BCUT2D eigenvalue weighted by Gasteiger charge is 2.21. The summed E-state index contributed by atoms with van der Waals surface area (Å²) in [6, 6.07) is 9.04. The average molecular weight is 344 g/mol. The maximum Gasteiger partial charge on any atom is 0.0633 e. The molecule has 0 saturated carbocycles. The van der Waals surface area contributed by atoms with Crippen molar-refractivity contribution >= 4 is 12.4 Å². The zero-order valence-corrected chi connectivity index (χ0v) is 15.3. The van der Waals surface area contributed by atoms with E-state index in [0.29, 0.717) is 6.42 Å². The Morgan fingerprint density at radius 1 is 0.826 bits per heavy atom. The maximum atomic E-state index is 9.13. The van der Waals surface area contributed by atoms with Crippen LogP contribution in [-0.4, -0.2) is 29.0 Å². The van der Waals surface area contributed by atoms with Crippen molar-refractivity contribution in [3.63, 3.8) is 0 Å². The number of aryl methyl sites for hydroxylation is 2. The van der Waals surface area contributed by atoms with Crippen molar-refractivity contribution in [1.29, 1.82) is 0 Å². The molecular weight excluding hydrogens is 310 g/mol. The first-order chi connectivity index (χ1) is 10.6. The van der Waals surface area contributed by atoms with Gasteiger partial charge in [-0.2, -0.15) is 0 Å². The molecule has 0 aliphatic heterocycles. The van der Waals surface area contributed by atoms with Gasteiger partial charge in [0.15, 0.2) is 0 Å². The smallest absolute Gasteiger partial charge is 0.0633 e. The maximum absolute atomic E-state index is 9.13. The molecular formula is C19H34ClNO2. The minimum Gasteiger partial charge on any atom is -0.394 e. The molecule has 0 spiro atoms. The topological polar surface area (TPSA) is 66.5 Å². The third kappa shape index (κ3) is 9.31. The molecule has 0 heterocycles. The van der Waals surface area contributed by atoms with Gasteiger partial charge in [0, 0.05) is 0 Å². The minimum absolute atomic E-state index is 0. The highest BCUT2D eigenvalue weighted by Crippen LogP contribution is 2.15. The van der Waals surface area contributed by atoms with Crippen molar-refractivity contribution in [2.45, 2.75) is 70.3 Å². The van der Waals surface area contributed by atoms with Gasteiger partial charge in [0.25, 0.3) is 0 Å². The molecule has 134 valence electrons. The summed E-state index contributed by atoms with van der Waals surface area (Å²) in [7, 11) is 0. The fraction of sp³-hybridized carbons (Fsp3) is 0.684. The SMILES string of the molecule is CCCCc1ccc(CCCCCCC(N)(CO)CO)cc1.Cl. The Kier molecular flexibility index (Phi) is 12.4. The van der Waals surface area contributed by atoms with Crippen molar-refractivity contribution in [2.24, 2.45) is 5.73 Å². The van der Waals surface area contributed by atoms with Crippen molar-refractivity contribution in [1.82, 2.24) is 0 Å². The van der Waals surface area contributed by atoms with Gasteiger partial charge in [-0.1, -0.05) is 56.9 Å². The molecule has 0 amide bonds. The first kappa shape index (κ1) is 22.4. The molecule has 0 radical (unpaired) electrons. The number of hydrogen-bond donors (Lipinski definition) is 3. The summed E-state index contributed by atoms with van der Waals surface area (Å²) in [6.07, 6.45) is 9.94. The van der Waals surface area contributed by atoms with Gasteiger partial charge in [-0.05, 0) is 43.2 Å². The standard InChI is InChI=1S/C19H33NO2.ClH/c1-2-3-8-17-10-12-18(13-11-17)9-6-4-5-7-14-19(20,15-21)16-22;/h10-13,21-22H,2-9,14-16,20H2,1H3;1H. The molecule has 0 aliphatic carbocycles. The van der Waals surface area contributed by atoms with Crippen LogP contribution in [0.3, 0.4) is 0 Å². The molecule has 0 fully saturated rings. The van der Waals surface area contributed by atoms with Gasteiger partial charge in [0.2, 0.25) is 0 Å². The number of unbranched alkanes of at least 4 members (excludes halogenated alkanes) is 4. The molecule has 1 aromatic carbocycles. The molecule has 1 rings (SSSR count). The first-order valence-corrected chi connectivity index (χ1v) is 8.72. The number of aliphatic hydroxyl groups excluding tert-OH is 2. The molecule has 0 aromatic heterocycles. The lowest BCUT2D eigenvalue weighted by atomic mass is 9.94. The summed E-state index contributed by atoms with van der Waals surface area (Å²) in [4.78, 5) is 0. The van der Waals surface area contributed by atoms with Crippen LogP contribution in [0.15, 0.2) is 24.3 Å². The highest BCUT2D eigenvalue weighted by molar-refractivity contribution is 5.85. The fourth-order valence-electron chi connectivity index (χ4n) is 2.62. The van der Waals surface area contributed by atoms with Gasteiger partial charge >= 0.3 is 0 Å². The normalized spacial score (nSPS) is 11.3. The lowest BCUT2D eigenvalue weighted by Gasteiger charge is -2.24. The number of halogens is 1. The summed E-state index contributed by atoms with van der Waals surface area (Å²) in [6.45, 7) is 1.94. The largest absolute Gasteiger partial charge is 0.394 e. The first-order valence-electron chi connectivity index (χ1n) is 8.72. The van der Waals surface area contributed by atoms with E-state index in [-0.39, 0.29) is 25.6 Å². The minimum atomic E-state index is -0.797. The Labute approximate surface area is 147 Å². The average Bonchev–Trinajstić information content (AvgIpc) is 2.57. The van der Waals surface area contributed by atoms with Gasteiger partial charge < -0.3 is 15.9 Å². The summed E-state index contributed by atoms with van der Waals surface area (Å²) in [5, 5.41) is 18.3. The van der Waals surface area contributed by atoms with E-state index in [1.54, 1.807) is 0 Å². The lowest BCUT2D eigenvalue weighted by molar-refractivity contribution is 0.112. The van der Waals surface area contributed by atoms with Gasteiger partial charge in [-0.25, -0.2) is 0 Å². The van der Waals surface area contributed by atoms with Crippen LogP contribution in [0.4, 0.5) is 0 Å². The van der Waals surface area contributed by atoms with Gasteiger partial charge in [-0.15, -0.1) is 12.4 Å². The van der Waals surface area contributed by atoms with Crippen LogP contribution in [0.1, 0.15) is 63.0 Å². The van der Waals surface area contributed by atoms with Crippen LogP contribution in [0, 0.1) is 0 Å². The highest BCUT2D eigenvalue weighted by atomic mass is 35.5. The Bertz CT molecular complexity index is 391. The molecule has 4 heteroatoms. The number of aliphatic hydroxyl groups is 2. The van der Waals surface area contributed by atoms with Crippen LogP contribution in [-0.2, 0) is 12.8 Å². The van der Waals surface area contributed by atoms with E-state index in [1.165, 1.54) is 43.2 Å². The second kappa shape index (κ2) is 12.8. The van der Waals surface area contributed by atoms with Crippen LogP contribution in [0.5, 0.6) is 0 Å². The van der Waals surface area contributed by atoms with Crippen LogP contribution >= 0.6 is 12.4 Å². The summed E-state index contributed by atoms with van der Waals surface area (Å²) < 4.78 is 0. The molecule has 0 aliphatic rings. The van der Waals surface area contributed by atoms with Crippen molar-refractivity contribution in [3.05, 3.63) is 35.4 Å². The number of benzene rings is 1. The van der Waals surface area contributed by atoms with E-state index in [9.17, 15) is 0 Å². The Morgan fingerprint density at radius 2 is 1.30 bits per heavy atom. The van der Waals surface area contributed by atoms with Crippen molar-refractivity contribution in [2.75, 3.05) is 13.2 Å².